The number of ether oxygens (including phenoxy) is 2. The summed E-state index contributed by atoms with van der Waals surface area (Å²) in [5.74, 6) is 3.15. The monoisotopic (exact) mass is 382 g/mol. The topological polar surface area (TPSA) is 64.8 Å². The molecule has 0 unspecified atom stereocenters. The third-order valence-corrected chi connectivity index (χ3v) is 6.25. The van der Waals surface area contributed by atoms with Crippen LogP contribution in [-0.4, -0.2) is 35.8 Å². The van der Waals surface area contributed by atoms with Crippen LogP contribution in [0.2, 0.25) is 0 Å². The number of carbonyl (C=O) groups is 1. The lowest BCUT2D eigenvalue weighted by Crippen LogP contribution is -2.38. The molecule has 3 aliphatic rings. The van der Waals surface area contributed by atoms with Crippen molar-refractivity contribution < 1.29 is 18.8 Å². The van der Waals surface area contributed by atoms with Gasteiger partial charge in [-0.2, -0.15) is 0 Å². The van der Waals surface area contributed by atoms with Crippen molar-refractivity contribution in [2.45, 2.75) is 57.3 Å². The van der Waals surface area contributed by atoms with E-state index in [1.807, 2.05) is 23.1 Å². The van der Waals surface area contributed by atoms with E-state index in [4.69, 9.17) is 14.0 Å². The zero-order valence-corrected chi connectivity index (χ0v) is 16.1. The number of aromatic nitrogens is 1. The number of benzene rings is 1. The molecule has 2 aliphatic heterocycles. The SMILES string of the molecule is O=C(Cc1ccc2c(c1)OCO2)N1CCC(c2onc3c2CCCCC3)CC1. The van der Waals surface area contributed by atoms with E-state index in [-0.39, 0.29) is 12.7 Å². The smallest absolute Gasteiger partial charge is 0.231 e. The van der Waals surface area contributed by atoms with Gasteiger partial charge in [-0.3, -0.25) is 4.79 Å². The van der Waals surface area contributed by atoms with E-state index >= 15 is 0 Å². The van der Waals surface area contributed by atoms with Crippen LogP contribution in [0.1, 0.15) is 60.6 Å². The summed E-state index contributed by atoms with van der Waals surface area (Å²) in [6.07, 6.45) is 8.17. The normalized spacial score (nSPS) is 19.4. The van der Waals surface area contributed by atoms with Crippen LogP contribution in [0.3, 0.4) is 0 Å². The van der Waals surface area contributed by atoms with Crippen LogP contribution in [0.15, 0.2) is 22.7 Å². The molecule has 6 heteroatoms. The van der Waals surface area contributed by atoms with Crippen LogP contribution in [0.4, 0.5) is 0 Å². The number of piperidine rings is 1. The summed E-state index contributed by atoms with van der Waals surface area (Å²) in [6.45, 7) is 1.82. The van der Waals surface area contributed by atoms with Gasteiger partial charge in [0.25, 0.3) is 0 Å². The Labute approximate surface area is 164 Å². The second kappa shape index (κ2) is 7.49. The number of amides is 1. The molecule has 1 aromatic heterocycles. The molecule has 0 bridgehead atoms. The predicted octanol–water partition coefficient (Wildman–Crippen LogP) is 3.62. The average molecular weight is 382 g/mol. The van der Waals surface area contributed by atoms with Gasteiger partial charge in [-0.1, -0.05) is 17.6 Å². The Kier molecular flexibility index (Phi) is 4.71. The highest BCUT2D eigenvalue weighted by Crippen LogP contribution is 2.35. The highest BCUT2D eigenvalue weighted by Gasteiger charge is 2.30. The molecule has 0 spiro atoms. The van der Waals surface area contributed by atoms with Crippen molar-refractivity contribution in [3.05, 3.63) is 40.8 Å². The Morgan fingerprint density at radius 1 is 1.07 bits per heavy atom. The molecule has 1 aromatic carbocycles. The first-order valence-electron chi connectivity index (χ1n) is 10.4. The Bertz CT molecular complexity index is 867. The number of fused-ring (bicyclic) bond motifs is 2. The van der Waals surface area contributed by atoms with E-state index in [0.29, 0.717) is 12.3 Å². The van der Waals surface area contributed by atoms with Crippen LogP contribution in [0, 0.1) is 0 Å². The van der Waals surface area contributed by atoms with Crippen molar-refractivity contribution in [3.8, 4) is 11.5 Å². The van der Waals surface area contributed by atoms with Gasteiger partial charge in [-0.25, -0.2) is 0 Å². The fraction of sp³-hybridized carbons (Fsp3) is 0.545. The molecule has 1 saturated heterocycles. The lowest BCUT2D eigenvalue weighted by atomic mass is 9.90. The van der Waals surface area contributed by atoms with Crippen molar-refractivity contribution in [3.63, 3.8) is 0 Å². The lowest BCUT2D eigenvalue weighted by molar-refractivity contribution is -0.131. The van der Waals surface area contributed by atoms with E-state index in [9.17, 15) is 4.79 Å². The summed E-state index contributed by atoms with van der Waals surface area (Å²) >= 11 is 0. The zero-order chi connectivity index (χ0) is 18.9. The number of carbonyl (C=O) groups excluding carboxylic acids is 1. The lowest BCUT2D eigenvalue weighted by Gasteiger charge is -2.31. The maximum absolute atomic E-state index is 12.8. The van der Waals surface area contributed by atoms with Gasteiger partial charge in [0.1, 0.15) is 5.76 Å². The van der Waals surface area contributed by atoms with Gasteiger partial charge in [0.2, 0.25) is 12.7 Å². The molecule has 1 fully saturated rings. The third-order valence-electron chi connectivity index (χ3n) is 6.25. The number of hydrogen-bond acceptors (Lipinski definition) is 5. The molecular formula is C22H26N2O4. The maximum atomic E-state index is 12.8. The van der Waals surface area contributed by atoms with Crippen molar-refractivity contribution in [1.82, 2.24) is 10.1 Å². The molecule has 0 radical (unpaired) electrons. The summed E-state index contributed by atoms with van der Waals surface area (Å²) in [7, 11) is 0. The molecule has 148 valence electrons. The molecule has 0 N–H and O–H groups in total. The second-order valence-corrected chi connectivity index (χ2v) is 8.05. The van der Waals surface area contributed by atoms with Crippen LogP contribution in [0.5, 0.6) is 11.5 Å². The minimum absolute atomic E-state index is 0.175. The first-order valence-corrected chi connectivity index (χ1v) is 10.4. The summed E-state index contributed by atoms with van der Waals surface area (Å²) < 4.78 is 16.5. The van der Waals surface area contributed by atoms with Crippen molar-refractivity contribution in [2.75, 3.05) is 19.9 Å². The molecule has 5 rings (SSSR count). The van der Waals surface area contributed by atoms with Crippen LogP contribution in [-0.2, 0) is 24.1 Å². The highest BCUT2D eigenvalue weighted by atomic mass is 16.7. The van der Waals surface area contributed by atoms with Crippen LogP contribution in [0.25, 0.3) is 0 Å². The Morgan fingerprint density at radius 2 is 1.89 bits per heavy atom. The maximum Gasteiger partial charge on any atom is 0.231 e. The van der Waals surface area contributed by atoms with Gasteiger partial charge < -0.3 is 18.9 Å². The van der Waals surface area contributed by atoms with Gasteiger partial charge in [0, 0.05) is 24.6 Å². The largest absolute Gasteiger partial charge is 0.454 e. The molecule has 1 aliphatic carbocycles. The molecule has 1 amide bonds. The van der Waals surface area contributed by atoms with Gasteiger partial charge in [0.05, 0.1) is 12.1 Å². The van der Waals surface area contributed by atoms with Gasteiger partial charge in [-0.05, 0) is 56.2 Å². The number of likely N-dealkylation sites (tertiary alicyclic amines) is 1. The molecule has 28 heavy (non-hydrogen) atoms. The van der Waals surface area contributed by atoms with Crippen LogP contribution >= 0.6 is 0 Å². The number of aryl methyl sites for hydroxylation is 1. The summed E-state index contributed by atoms with van der Waals surface area (Å²) in [5, 5.41) is 4.35. The van der Waals surface area contributed by atoms with E-state index in [1.54, 1.807) is 0 Å². The Morgan fingerprint density at radius 3 is 2.79 bits per heavy atom. The summed E-state index contributed by atoms with van der Waals surface area (Å²) in [4.78, 5) is 14.7. The van der Waals surface area contributed by atoms with Crippen molar-refractivity contribution in [1.29, 1.82) is 0 Å². The fourth-order valence-electron chi connectivity index (χ4n) is 4.64. The van der Waals surface area contributed by atoms with Gasteiger partial charge in [-0.15, -0.1) is 0 Å². The fourth-order valence-corrected chi connectivity index (χ4v) is 4.64. The molecule has 0 atom stereocenters. The first kappa shape index (κ1) is 17.6. The minimum Gasteiger partial charge on any atom is -0.454 e. The third kappa shape index (κ3) is 3.36. The second-order valence-electron chi connectivity index (χ2n) is 8.05. The summed E-state index contributed by atoms with van der Waals surface area (Å²) in [6, 6.07) is 5.74. The minimum atomic E-state index is 0.175. The van der Waals surface area contributed by atoms with E-state index in [0.717, 1.165) is 61.6 Å². The van der Waals surface area contributed by atoms with E-state index in [1.165, 1.54) is 30.5 Å². The van der Waals surface area contributed by atoms with Gasteiger partial charge >= 0.3 is 0 Å². The number of nitrogens with zero attached hydrogens (tertiary/aromatic N) is 2. The molecule has 3 heterocycles. The summed E-state index contributed by atoms with van der Waals surface area (Å²) in [5.41, 5.74) is 3.51. The van der Waals surface area contributed by atoms with Gasteiger partial charge in [0.15, 0.2) is 11.5 Å². The average Bonchev–Trinajstić information content (AvgIpc) is 3.28. The predicted molar refractivity (Wildman–Crippen MR) is 103 cm³/mol. The molecule has 0 saturated carbocycles. The highest BCUT2D eigenvalue weighted by molar-refractivity contribution is 5.79. The van der Waals surface area contributed by atoms with Crippen LogP contribution < -0.4 is 9.47 Å². The first-order chi connectivity index (χ1) is 13.8. The van der Waals surface area contributed by atoms with E-state index < -0.39 is 0 Å². The van der Waals surface area contributed by atoms with E-state index in [2.05, 4.69) is 5.16 Å². The molecule has 6 nitrogen and oxygen atoms in total. The molecule has 2 aromatic rings. The Balaban J connectivity index is 1.20. The number of rotatable bonds is 3. The quantitative estimate of drug-likeness (QED) is 0.759. The number of hydrogen-bond donors (Lipinski definition) is 0. The Hall–Kier alpha value is -2.50. The van der Waals surface area contributed by atoms with Crippen molar-refractivity contribution in [2.24, 2.45) is 0 Å². The zero-order valence-electron chi connectivity index (χ0n) is 16.1. The van der Waals surface area contributed by atoms with Crippen molar-refractivity contribution >= 4 is 5.91 Å². The molecular weight excluding hydrogens is 356 g/mol. The standard InChI is InChI=1S/C22H26N2O4/c25-21(13-15-6-7-19-20(12-15)27-14-26-19)24-10-8-16(9-11-24)22-17-4-2-1-3-5-18(17)23-28-22/h6-7,12,16H,1-5,8-11,13-14H2.